The molecule has 168 valence electrons. The van der Waals surface area contributed by atoms with Gasteiger partial charge in [-0.05, 0) is 74.0 Å². The lowest BCUT2D eigenvalue weighted by molar-refractivity contribution is 0.0950. The highest BCUT2D eigenvalue weighted by Crippen LogP contribution is 2.40. The summed E-state index contributed by atoms with van der Waals surface area (Å²) in [5, 5.41) is 3.67. The van der Waals surface area contributed by atoms with Gasteiger partial charge in [-0.15, -0.1) is 0 Å². The highest BCUT2D eigenvalue weighted by Gasteiger charge is 2.27. The number of hydrogen-bond acceptors (Lipinski definition) is 5. The largest absolute Gasteiger partial charge is 0.384 e. The van der Waals surface area contributed by atoms with Crippen molar-refractivity contribution in [2.75, 3.05) is 5.73 Å². The number of halogens is 1. The SMILES string of the molecule is C=Nc1ccc(Cc2cc(C(=O)NCc3ccc(N)nc3C3CC3)ccn2)cc1/C=C(\C)Cl. The minimum absolute atomic E-state index is 0.148. The van der Waals surface area contributed by atoms with Gasteiger partial charge in [0.2, 0.25) is 0 Å². The van der Waals surface area contributed by atoms with Crippen LogP contribution in [-0.2, 0) is 13.0 Å². The Labute approximate surface area is 198 Å². The van der Waals surface area contributed by atoms with E-state index in [4.69, 9.17) is 17.3 Å². The summed E-state index contributed by atoms with van der Waals surface area (Å²) in [5.41, 5.74) is 11.9. The van der Waals surface area contributed by atoms with Crippen molar-refractivity contribution in [3.05, 3.63) is 87.3 Å². The molecule has 0 atom stereocenters. The zero-order valence-corrected chi connectivity index (χ0v) is 19.3. The van der Waals surface area contributed by atoms with E-state index in [0.717, 1.165) is 46.6 Å². The number of nitrogens with zero attached hydrogens (tertiary/aromatic N) is 3. The van der Waals surface area contributed by atoms with Crippen LogP contribution >= 0.6 is 11.6 Å². The van der Waals surface area contributed by atoms with Gasteiger partial charge in [0.25, 0.3) is 5.91 Å². The number of nitrogens with one attached hydrogen (secondary N) is 1. The maximum atomic E-state index is 12.8. The molecule has 2 aromatic heterocycles. The number of aromatic nitrogens is 2. The molecule has 33 heavy (non-hydrogen) atoms. The van der Waals surface area contributed by atoms with E-state index < -0.39 is 0 Å². The summed E-state index contributed by atoms with van der Waals surface area (Å²) in [7, 11) is 0. The Morgan fingerprint density at radius 3 is 2.82 bits per heavy atom. The Kier molecular flexibility index (Phi) is 6.84. The third kappa shape index (κ3) is 5.84. The molecule has 2 heterocycles. The predicted octanol–water partition coefficient (Wildman–Crippen LogP) is 5.39. The minimum atomic E-state index is -0.148. The van der Waals surface area contributed by atoms with E-state index in [0.29, 0.717) is 35.3 Å². The molecule has 0 radical (unpaired) electrons. The molecule has 3 aromatic rings. The molecule has 1 aromatic carbocycles. The fourth-order valence-corrected chi connectivity index (χ4v) is 3.89. The van der Waals surface area contributed by atoms with Crippen LogP contribution in [0.5, 0.6) is 0 Å². The van der Waals surface area contributed by atoms with E-state index >= 15 is 0 Å². The van der Waals surface area contributed by atoms with Gasteiger partial charge >= 0.3 is 0 Å². The zero-order chi connectivity index (χ0) is 23.4. The van der Waals surface area contributed by atoms with Crippen LogP contribution in [0.25, 0.3) is 6.08 Å². The lowest BCUT2D eigenvalue weighted by Gasteiger charge is -2.11. The number of anilines is 1. The molecule has 0 saturated heterocycles. The van der Waals surface area contributed by atoms with E-state index in [1.807, 2.05) is 43.3 Å². The van der Waals surface area contributed by atoms with Gasteiger partial charge in [0, 0.05) is 46.9 Å². The number of rotatable bonds is 8. The first-order valence-electron chi connectivity index (χ1n) is 10.8. The van der Waals surface area contributed by atoms with Gasteiger partial charge in [0.05, 0.1) is 11.4 Å². The van der Waals surface area contributed by atoms with Crippen molar-refractivity contribution in [2.24, 2.45) is 4.99 Å². The minimum Gasteiger partial charge on any atom is -0.384 e. The van der Waals surface area contributed by atoms with Crippen LogP contribution in [0, 0.1) is 0 Å². The molecule has 1 saturated carbocycles. The van der Waals surface area contributed by atoms with Gasteiger partial charge in [0.1, 0.15) is 5.82 Å². The van der Waals surface area contributed by atoms with Crippen LogP contribution in [0.2, 0.25) is 0 Å². The summed E-state index contributed by atoms with van der Waals surface area (Å²) in [6.45, 7) is 5.85. The van der Waals surface area contributed by atoms with Crippen LogP contribution in [0.15, 0.2) is 58.7 Å². The molecular formula is C26H26ClN5O. The third-order valence-corrected chi connectivity index (χ3v) is 5.63. The third-order valence-electron chi connectivity index (χ3n) is 5.52. The number of carbonyl (C=O) groups is 1. The number of hydrogen-bond donors (Lipinski definition) is 2. The fraction of sp³-hybridized carbons (Fsp3) is 0.231. The van der Waals surface area contributed by atoms with E-state index in [2.05, 4.69) is 27.0 Å². The quantitative estimate of drug-likeness (QED) is 0.441. The molecule has 0 unspecified atom stereocenters. The number of benzene rings is 1. The second-order valence-electron chi connectivity index (χ2n) is 8.23. The summed E-state index contributed by atoms with van der Waals surface area (Å²) in [4.78, 5) is 25.8. The number of nitrogen functional groups attached to an aromatic ring is 1. The van der Waals surface area contributed by atoms with Crippen molar-refractivity contribution in [1.82, 2.24) is 15.3 Å². The van der Waals surface area contributed by atoms with Crippen molar-refractivity contribution in [3.63, 3.8) is 0 Å². The monoisotopic (exact) mass is 459 g/mol. The molecule has 7 heteroatoms. The summed E-state index contributed by atoms with van der Waals surface area (Å²) < 4.78 is 0. The second kappa shape index (κ2) is 9.96. The zero-order valence-electron chi connectivity index (χ0n) is 18.5. The van der Waals surface area contributed by atoms with Gasteiger partial charge < -0.3 is 11.1 Å². The first-order valence-corrected chi connectivity index (χ1v) is 11.2. The Hall–Kier alpha value is -3.51. The lowest BCUT2D eigenvalue weighted by atomic mass is 10.0. The first kappa shape index (κ1) is 22.7. The van der Waals surface area contributed by atoms with Crippen LogP contribution < -0.4 is 11.1 Å². The summed E-state index contributed by atoms with van der Waals surface area (Å²) >= 11 is 6.05. The van der Waals surface area contributed by atoms with Crippen LogP contribution in [0.4, 0.5) is 11.5 Å². The number of nitrogens with two attached hydrogens (primary N) is 1. The van der Waals surface area contributed by atoms with E-state index in [-0.39, 0.29) is 5.91 Å². The average Bonchev–Trinajstić information content (AvgIpc) is 3.63. The van der Waals surface area contributed by atoms with Crippen LogP contribution in [0.3, 0.4) is 0 Å². The molecule has 4 rings (SSSR count). The van der Waals surface area contributed by atoms with E-state index in [1.165, 1.54) is 0 Å². The van der Waals surface area contributed by atoms with Crippen LogP contribution in [-0.4, -0.2) is 22.6 Å². The van der Waals surface area contributed by atoms with E-state index in [9.17, 15) is 4.79 Å². The van der Waals surface area contributed by atoms with Crippen molar-refractivity contribution in [1.29, 1.82) is 0 Å². The molecule has 0 spiro atoms. The molecule has 1 aliphatic rings. The van der Waals surface area contributed by atoms with Gasteiger partial charge in [-0.1, -0.05) is 23.7 Å². The van der Waals surface area contributed by atoms with Crippen molar-refractivity contribution < 1.29 is 4.79 Å². The summed E-state index contributed by atoms with van der Waals surface area (Å²) in [5.74, 6) is 0.824. The second-order valence-corrected chi connectivity index (χ2v) is 8.83. The van der Waals surface area contributed by atoms with Crippen molar-refractivity contribution >= 4 is 41.8 Å². The number of amides is 1. The van der Waals surface area contributed by atoms with Gasteiger partial charge in [-0.2, -0.15) is 0 Å². The molecule has 6 nitrogen and oxygen atoms in total. The Balaban J connectivity index is 1.46. The lowest BCUT2D eigenvalue weighted by Crippen LogP contribution is -2.24. The molecule has 3 N–H and O–H groups in total. The van der Waals surface area contributed by atoms with Gasteiger partial charge in [-0.25, -0.2) is 4.98 Å². The Morgan fingerprint density at radius 1 is 1.27 bits per heavy atom. The van der Waals surface area contributed by atoms with Crippen molar-refractivity contribution in [2.45, 2.75) is 38.6 Å². The fourth-order valence-electron chi connectivity index (χ4n) is 3.77. The van der Waals surface area contributed by atoms with Crippen LogP contribution in [0.1, 0.15) is 64.1 Å². The highest BCUT2D eigenvalue weighted by molar-refractivity contribution is 6.31. The summed E-state index contributed by atoms with van der Waals surface area (Å²) in [6.07, 6.45) is 6.34. The molecule has 1 fully saturated rings. The molecule has 0 aliphatic heterocycles. The Morgan fingerprint density at radius 2 is 2.09 bits per heavy atom. The van der Waals surface area contributed by atoms with Crippen molar-refractivity contribution in [3.8, 4) is 0 Å². The number of carbonyl (C=O) groups excluding carboxylic acids is 1. The normalized spacial score (nSPS) is 13.6. The average molecular weight is 460 g/mol. The molecule has 1 aliphatic carbocycles. The maximum Gasteiger partial charge on any atom is 0.251 e. The number of aliphatic imine (C=N–C) groups is 1. The predicted molar refractivity (Wildman–Crippen MR) is 134 cm³/mol. The maximum absolute atomic E-state index is 12.8. The first-order chi connectivity index (χ1) is 15.9. The highest BCUT2D eigenvalue weighted by atomic mass is 35.5. The molecule has 1 amide bonds. The smallest absolute Gasteiger partial charge is 0.251 e. The van der Waals surface area contributed by atoms with Gasteiger partial charge in [0.15, 0.2) is 0 Å². The Bertz CT molecular complexity index is 1230. The topological polar surface area (TPSA) is 93.3 Å². The standard InChI is InChI=1S/C26H26ClN5O/c1-16(27)11-21-12-17(3-7-23(21)29-2)13-22-14-19(9-10-30-22)26(33)31-15-20-6-8-24(28)32-25(20)18-4-5-18/h3,6-12,14,18H,2,4-5,13,15H2,1H3,(H2,28,32)(H,31,33)/b16-11+. The van der Waals surface area contributed by atoms with Gasteiger partial charge in [-0.3, -0.25) is 14.8 Å². The summed E-state index contributed by atoms with van der Waals surface area (Å²) in [6, 6.07) is 13.2. The van der Waals surface area contributed by atoms with E-state index in [1.54, 1.807) is 18.3 Å². The molecule has 0 bridgehead atoms. The molecular weight excluding hydrogens is 434 g/mol. The number of pyridine rings is 2. The number of allylic oxidation sites excluding steroid dienone is 1.